The zero-order valence-corrected chi connectivity index (χ0v) is 11.9. The third kappa shape index (κ3) is 2.17. The molecule has 0 aliphatic heterocycles. The van der Waals surface area contributed by atoms with Crippen LogP contribution in [0.5, 0.6) is 11.5 Å². The molecule has 0 atom stereocenters. The molecule has 19 heavy (non-hydrogen) atoms. The lowest BCUT2D eigenvalue weighted by Crippen LogP contribution is -1.94. The fourth-order valence-electron chi connectivity index (χ4n) is 1.97. The van der Waals surface area contributed by atoms with Crippen LogP contribution < -0.4 is 10.5 Å². The Morgan fingerprint density at radius 3 is 2.84 bits per heavy atom. The van der Waals surface area contributed by atoms with Crippen LogP contribution >= 0.6 is 15.9 Å². The zero-order valence-electron chi connectivity index (χ0n) is 10.3. The van der Waals surface area contributed by atoms with Gasteiger partial charge in [0.1, 0.15) is 11.3 Å². The fraction of sp³-hybridized carbons (Fsp3) is 0.0714. The Labute approximate surface area is 118 Å². The topological polar surface area (TPSA) is 52.5 Å². The summed E-state index contributed by atoms with van der Waals surface area (Å²) in [6.07, 6.45) is 3.59. The average molecular weight is 318 g/mol. The summed E-state index contributed by atoms with van der Waals surface area (Å²) in [7, 11) is 0. The second-order valence-electron chi connectivity index (χ2n) is 4.28. The highest BCUT2D eigenvalue weighted by molar-refractivity contribution is 9.10. The molecule has 0 radical (unpaired) electrons. The molecule has 0 aliphatic rings. The number of aromatic nitrogens is 2. The Hall–Kier alpha value is -2.01. The predicted octanol–water partition coefficient (Wildman–Crippen LogP) is 3.78. The van der Waals surface area contributed by atoms with Crippen molar-refractivity contribution in [2.75, 3.05) is 5.73 Å². The number of ether oxygens (including phenoxy) is 1. The Morgan fingerprint density at radius 2 is 2.05 bits per heavy atom. The van der Waals surface area contributed by atoms with E-state index in [4.69, 9.17) is 10.5 Å². The lowest BCUT2D eigenvalue weighted by atomic mass is 10.2. The van der Waals surface area contributed by atoms with E-state index in [0.717, 1.165) is 32.7 Å². The van der Waals surface area contributed by atoms with E-state index in [-0.39, 0.29) is 0 Å². The summed E-state index contributed by atoms with van der Waals surface area (Å²) in [5.41, 5.74) is 8.37. The van der Waals surface area contributed by atoms with Gasteiger partial charge in [-0.05, 0) is 52.7 Å². The van der Waals surface area contributed by atoms with Crippen LogP contribution in [0, 0.1) is 6.92 Å². The molecule has 96 valence electrons. The van der Waals surface area contributed by atoms with Gasteiger partial charge < -0.3 is 10.5 Å². The van der Waals surface area contributed by atoms with E-state index >= 15 is 0 Å². The number of benzene rings is 1. The average Bonchev–Trinajstić information content (AvgIpc) is 2.76. The highest BCUT2D eigenvalue weighted by Gasteiger charge is 2.09. The van der Waals surface area contributed by atoms with E-state index in [2.05, 4.69) is 21.0 Å². The molecular formula is C14H12BrN3O. The second kappa shape index (κ2) is 4.59. The molecule has 0 saturated carbocycles. The van der Waals surface area contributed by atoms with Crippen LogP contribution in [0.2, 0.25) is 0 Å². The van der Waals surface area contributed by atoms with Crippen LogP contribution in [0.3, 0.4) is 0 Å². The molecule has 3 aromatic rings. The van der Waals surface area contributed by atoms with Crippen molar-refractivity contribution in [3.05, 3.63) is 52.8 Å². The molecule has 3 rings (SSSR count). The van der Waals surface area contributed by atoms with Gasteiger partial charge in [-0.1, -0.05) is 0 Å². The van der Waals surface area contributed by atoms with Gasteiger partial charge in [-0.3, -0.25) is 0 Å². The normalized spacial score (nSPS) is 10.8. The summed E-state index contributed by atoms with van der Waals surface area (Å²) in [5.74, 6) is 1.54. The van der Waals surface area contributed by atoms with Crippen molar-refractivity contribution >= 4 is 27.1 Å². The van der Waals surface area contributed by atoms with E-state index in [1.54, 1.807) is 10.7 Å². The minimum absolute atomic E-state index is 0.730. The SMILES string of the molecule is Cc1cc(N)ccc1Oc1ccnn2ccc(Br)c12. The van der Waals surface area contributed by atoms with Crippen molar-refractivity contribution < 1.29 is 4.74 Å². The fourth-order valence-corrected chi connectivity index (χ4v) is 2.46. The molecule has 0 saturated heterocycles. The maximum absolute atomic E-state index is 5.97. The van der Waals surface area contributed by atoms with Crippen molar-refractivity contribution in [2.24, 2.45) is 0 Å². The van der Waals surface area contributed by atoms with Crippen LogP contribution in [0.1, 0.15) is 5.56 Å². The molecule has 0 unspecified atom stereocenters. The summed E-state index contributed by atoms with van der Waals surface area (Å²) in [4.78, 5) is 0. The molecule has 2 N–H and O–H groups in total. The van der Waals surface area contributed by atoms with Gasteiger partial charge in [0.15, 0.2) is 5.75 Å². The number of halogens is 1. The monoisotopic (exact) mass is 317 g/mol. The Morgan fingerprint density at radius 1 is 1.21 bits per heavy atom. The largest absolute Gasteiger partial charge is 0.455 e. The molecule has 0 amide bonds. The summed E-state index contributed by atoms with van der Waals surface area (Å²) in [5, 5.41) is 4.23. The van der Waals surface area contributed by atoms with Crippen molar-refractivity contribution in [1.29, 1.82) is 0 Å². The van der Waals surface area contributed by atoms with Crippen LogP contribution in [0.25, 0.3) is 5.52 Å². The highest BCUT2D eigenvalue weighted by Crippen LogP contribution is 2.32. The Balaban J connectivity index is 2.08. The van der Waals surface area contributed by atoms with E-state index in [1.807, 2.05) is 43.5 Å². The molecular weight excluding hydrogens is 306 g/mol. The van der Waals surface area contributed by atoms with Gasteiger partial charge in [0.2, 0.25) is 0 Å². The maximum atomic E-state index is 5.97. The first kappa shape index (κ1) is 12.0. The number of nitrogens with two attached hydrogens (primary N) is 1. The molecule has 5 heteroatoms. The number of hydrogen-bond acceptors (Lipinski definition) is 3. The smallest absolute Gasteiger partial charge is 0.155 e. The van der Waals surface area contributed by atoms with Gasteiger partial charge in [0, 0.05) is 22.4 Å². The molecule has 2 aromatic heterocycles. The molecule has 2 heterocycles. The zero-order chi connectivity index (χ0) is 13.4. The number of aryl methyl sites for hydroxylation is 1. The number of anilines is 1. The number of nitrogen functional groups attached to an aromatic ring is 1. The third-order valence-electron chi connectivity index (χ3n) is 2.89. The van der Waals surface area contributed by atoms with Crippen molar-refractivity contribution in [2.45, 2.75) is 6.92 Å². The van der Waals surface area contributed by atoms with Crippen molar-refractivity contribution in [3.8, 4) is 11.5 Å². The van der Waals surface area contributed by atoms with Crippen LogP contribution in [0.4, 0.5) is 5.69 Å². The van der Waals surface area contributed by atoms with E-state index in [9.17, 15) is 0 Å². The van der Waals surface area contributed by atoms with Gasteiger partial charge in [0.05, 0.1) is 6.20 Å². The maximum Gasteiger partial charge on any atom is 0.155 e. The summed E-state index contributed by atoms with van der Waals surface area (Å²) < 4.78 is 8.69. The van der Waals surface area contributed by atoms with Gasteiger partial charge in [0.25, 0.3) is 0 Å². The predicted molar refractivity (Wildman–Crippen MR) is 78.6 cm³/mol. The second-order valence-corrected chi connectivity index (χ2v) is 5.13. The summed E-state index contributed by atoms with van der Waals surface area (Å²) in [6.45, 7) is 1.97. The first-order valence-corrected chi connectivity index (χ1v) is 6.60. The number of hydrogen-bond donors (Lipinski definition) is 1. The molecule has 0 spiro atoms. The molecule has 0 aliphatic carbocycles. The highest BCUT2D eigenvalue weighted by atomic mass is 79.9. The van der Waals surface area contributed by atoms with Gasteiger partial charge in [-0.15, -0.1) is 0 Å². The van der Waals surface area contributed by atoms with Crippen LogP contribution in [-0.4, -0.2) is 9.61 Å². The minimum atomic E-state index is 0.730. The van der Waals surface area contributed by atoms with Crippen LogP contribution in [0.15, 0.2) is 47.2 Å². The summed E-state index contributed by atoms with van der Waals surface area (Å²) in [6, 6.07) is 9.37. The first-order chi connectivity index (χ1) is 9.15. The Kier molecular flexibility index (Phi) is 2.91. The van der Waals surface area contributed by atoms with Gasteiger partial charge in [-0.25, -0.2) is 4.52 Å². The van der Waals surface area contributed by atoms with Crippen LogP contribution in [-0.2, 0) is 0 Å². The van der Waals surface area contributed by atoms with E-state index in [0.29, 0.717) is 0 Å². The number of nitrogens with zero attached hydrogens (tertiary/aromatic N) is 2. The minimum Gasteiger partial charge on any atom is -0.455 e. The van der Waals surface area contributed by atoms with E-state index in [1.165, 1.54) is 0 Å². The summed E-state index contributed by atoms with van der Waals surface area (Å²) >= 11 is 3.50. The molecule has 1 aromatic carbocycles. The standard InChI is InChI=1S/C14H12BrN3O/c1-9-8-10(16)2-3-12(9)19-13-4-6-17-18-7-5-11(15)14(13)18/h2-8H,16H2,1H3. The van der Waals surface area contributed by atoms with E-state index < -0.39 is 0 Å². The first-order valence-electron chi connectivity index (χ1n) is 5.81. The lowest BCUT2D eigenvalue weighted by Gasteiger charge is -2.10. The third-order valence-corrected chi connectivity index (χ3v) is 3.53. The van der Waals surface area contributed by atoms with Gasteiger partial charge in [-0.2, -0.15) is 5.10 Å². The van der Waals surface area contributed by atoms with Crippen molar-refractivity contribution in [1.82, 2.24) is 9.61 Å². The number of fused-ring (bicyclic) bond motifs is 1. The Bertz CT molecular complexity index is 752. The van der Waals surface area contributed by atoms with Crippen molar-refractivity contribution in [3.63, 3.8) is 0 Å². The quantitative estimate of drug-likeness (QED) is 0.732. The van der Waals surface area contributed by atoms with Gasteiger partial charge >= 0.3 is 0 Å². The molecule has 0 bridgehead atoms. The molecule has 0 fully saturated rings. The molecule has 4 nitrogen and oxygen atoms in total. The lowest BCUT2D eigenvalue weighted by molar-refractivity contribution is 0.480. The number of rotatable bonds is 2.